The number of hydrogen-bond acceptors (Lipinski definition) is 3. The third kappa shape index (κ3) is 2.89. The molecule has 5 heteroatoms. The van der Waals surface area contributed by atoms with Gasteiger partial charge in [0.05, 0.1) is 23.5 Å². The first-order chi connectivity index (χ1) is 8.60. The van der Waals surface area contributed by atoms with Crippen LogP contribution in [-0.2, 0) is 0 Å². The number of halogens is 2. The van der Waals surface area contributed by atoms with E-state index in [2.05, 4.69) is 21.2 Å². The highest BCUT2D eigenvalue weighted by Gasteiger charge is 2.06. The van der Waals surface area contributed by atoms with Gasteiger partial charge < -0.3 is 15.8 Å². The molecule has 2 aromatic carbocycles. The third-order valence-electron chi connectivity index (χ3n) is 2.42. The fourth-order valence-electron chi connectivity index (χ4n) is 1.57. The number of rotatable bonds is 3. The van der Waals surface area contributed by atoms with E-state index < -0.39 is 0 Å². The van der Waals surface area contributed by atoms with Gasteiger partial charge in [-0.2, -0.15) is 0 Å². The maximum atomic E-state index is 6.11. The molecule has 2 rings (SSSR count). The van der Waals surface area contributed by atoms with Crippen LogP contribution in [-0.4, -0.2) is 7.11 Å². The molecule has 0 saturated heterocycles. The molecule has 0 aliphatic carbocycles. The van der Waals surface area contributed by atoms with Crippen molar-refractivity contribution in [3.8, 4) is 5.75 Å². The second-order valence-electron chi connectivity index (χ2n) is 3.71. The van der Waals surface area contributed by atoms with E-state index in [1.54, 1.807) is 19.2 Å². The number of nitrogens with two attached hydrogens (primary N) is 1. The van der Waals surface area contributed by atoms with Gasteiger partial charge in [0.25, 0.3) is 0 Å². The zero-order chi connectivity index (χ0) is 13.1. The van der Waals surface area contributed by atoms with Gasteiger partial charge in [-0.1, -0.05) is 33.6 Å². The van der Waals surface area contributed by atoms with E-state index in [1.165, 1.54) is 0 Å². The molecule has 0 saturated carbocycles. The largest absolute Gasteiger partial charge is 0.497 e. The first-order valence-electron chi connectivity index (χ1n) is 5.26. The van der Waals surface area contributed by atoms with Crippen LogP contribution >= 0.6 is 27.5 Å². The van der Waals surface area contributed by atoms with Crippen molar-refractivity contribution in [2.45, 2.75) is 0 Å². The van der Waals surface area contributed by atoms with Gasteiger partial charge in [-0.15, -0.1) is 0 Å². The number of benzene rings is 2. The summed E-state index contributed by atoms with van der Waals surface area (Å²) in [5.74, 6) is 0.748. The predicted molar refractivity (Wildman–Crippen MR) is 79.8 cm³/mol. The van der Waals surface area contributed by atoms with Crippen LogP contribution in [0.25, 0.3) is 0 Å². The Labute approximate surface area is 119 Å². The van der Waals surface area contributed by atoms with Gasteiger partial charge in [-0.25, -0.2) is 0 Å². The summed E-state index contributed by atoms with van der Waals surface area (Å²) in [6, 6.07) is 11.1. The first kappa shape index (κ1) is 13.1. The quantitative estimate of drug-likeness (QED) is 0.819. The Hall–Kier alpha value is -1.39. The van der Waals surface area contributed by atoms with Crippen molar-refractivity contribution in [3.05, 3.63) is 45.9 Å². The molecule has 0 aliphatic rings. The topological polar surface area (TPSA) is 47.3 Å². The fourth-order valence-corrected chi connectivity index (χ4v) is 2.27. The van der Waals surface area contributed by atoms with E-state index in [1.807, 2.05) is 24.3 Å². The van der Waals surface area contributed by atoms with Crippen LogP contribution in [0.2, 0.25) is 5.02 Å². The number of methoxy groups -OCH3 is 1. The van der Waals surface area contributed by atoms with E-state index >= 15 is 0 Å². The first-order valence-corrected chi connectivity index (χ1v) is 6.43. The standard InChI is InChI=1S/C13H12BrClN2O/c1-18-10-6-8(14)5-9(7-10)17-13-11(15)3-2-4-12(13)16/h2-7,17H,16H2,1H3. The van der Waals surface area contributed by atoms with Gasteiger partial charge >= 0.3 is 0 Å². The predicted octanol–water partition coefficient (Wildman–Crippen LogP) is 4.44. The number of anilines is 3. The van der Waals surface area contributed by atoms with E-state index in [4.69, 9.17) is 22.1 Å². The highest BCUT2D eigenvalue weighted by molar-refractivity contribution is 9.10. The van der Waals surface area contributed by atoms with Crippen LogP contribution in [0, 0.1) is 0 Å². The normalized spacial score (nSPS) is 10.2. The number of nitrogen functional groups attached to an aromatic ring is 1. The summed E-state index contributed by atoms with van der Waals surface area (Å²) in [6.07, 6.45) is 0. The van der Waals surface area contributed by atoms with E-state index in [0.717, 1.165) is 15.9 Å². The summed E-state index contributed by atoms with van der Waals surface area (Å²) in [5, 5.41) is 3.77. The third-order valence-corrected chi connectivity index (χ3v) is 3.19. The maximum absolute atomic E-state index is 6.11. The van der Waals surface area contributed by atoms with Crippen molar-refractivity contribution in [2.24, 2.45) is 0 Å². The molecule has 0 aromatic heterocycles. The molecule has 3 N–H and O–H groups in total. The summed E-state index contributed by atoms with van der Waals surface area (Å²) in [5.41, 5.74) is 8.03. The highest BCUT2D eigenvalue weighted by Crippen LogP contribution is 2.33. The van der Waals surface area contributed by atoms with Crippen molar-refractivity contribution in [2.75, 3.05) is 18.2 Å². The number of hydrogen-bond donors (Lipinski definition) is 2. The molecule has 0 atom stereocenters. The minimum Gasteiger partial charge on any atom is -0.497 e. The lowest BCUT2D eigenvalue weighted by Gasteiger charge is -2.12. The molecule has 94 valence electrons. The summed E-state index contributed by atoms with van der Waals surface area (Å²) < 4.78 is 6.11. The van der Waals surface area contributed by atoms with Crippen LogP contribution in [0.1, 0.15) is 0 Å². The zero-order valence-electron chi connectivity index (χ0n) is 9.71. The number of ether oxygens (including phenoxy) is 1. The van der Waals surface area contributed by atoms with Gasteiger partial charge in [-0.05, 0) is 24.3 Å². The second kappa shape index (κ2) is 5.50. The zero-order valence-corrected chi connectivity index (χ0v) is 12.0. The lowest BCUT2D eigenvalue weighted by atomic mass is 10.2. The molecule has 2 aromatic rings. The summed E-state index contributed by atoms with van der Waals surface area (Å²) in [4.78, 5) is 0. The van der Waals surface area contributed by atoms with Crippen molar-refractivity contribution in [1.29, 1.82) is 0 Å². The van der Waals surface area contributed by atoms with Crippen LogP contribution in [0.4, 0.5) is 17.1 Å². The molecule has 0 fully saturated rings. The summed E-state index contributed by atoms with van der Waals surface area (Å²) >= 11 is 9.53. The van der Waals surface area contributed by atoms with Gasteiger partial charge in [-0.3, -0.25) is 0 Å². The average Bonchev–Trinajstić information content (AvgIpc) is 2.33. The van der Waals surface area contributed by atoms with Crippen LogP contribution in [0.3, 0.4) is 0 Å². The molecule has 0 heterocycles. The number of para-hydroxylation sites is 1. The molecule has 3 nitrogen and oxygen atoms in total. The molecule has 0 aliphatic heterocycles. The van der Waals surface area contributed by atoms with E-state index in [-0.39, 0.29) is 0 Å². The maximum Gasteiger partial charge on any atom is 0.122 e. The molecule has 0 amide bonds. The summed E-state index contributed by atoms with van der Waals surface area (Å²) in [7, 11) is 1.62. The molecular formula is C13H12BrClN2O. The van der Waals surface area contributed by atoms with Crippen molar-refractivity contribution >= 4 is 44.6 Å². The molecule has 0 bridgehead atoms. The molecule has 0 unspecified atom stereocenters. The minimum absolute atomic E-state index is 0.578. The van der Waals surface area contributed by atoms with Gasteiger partial charge in [0.2, 0.25) is 0 Å². The minimum atomic E-state index is 0.578. The van der Waals surface area contributed by atoms with Gasteiger partial charge in [0, 0.05) is 16.2 Å². The number of nitrogens with one attached hydrogen (secondary N) is 1. The summed E-state index contributed by atoms with van der Waals surface area (Å²) in [6.45, 7) is 0. The SMILES string of the molecule is COc1cc(Br)cc(Nc2c(N)cccc2Cl)c1. The van der Waals surface area contributed by atoms with E-state index in [0.29, 0.717) is 16.4 Å². The van der Waals surface area contributed by atoms with Crippen LogP contribution in [0.5, 0.6) is 5.75 Å². The van der Waals surface area contributed by atoms with Crippen LogP contribution < -0.4 is 15.8 Å². The highest BCUT2D eigenvalue weighted by atomic mass is 79.9. The van der Waals surface area contributed by atoms with Gasteiger partial charge in [0.1, 0.15) is 5.75 Å². The molecular weight excluding hydrogens is 316 g/mol. The fraction of sp³-hybridized carbons (Fsp3) is 0.0769. The average molecular weight is 328 g/mol. The van der Waals surface area contributed by atoms with Gasteiger partial charge in [0.15, 0.2) is 0 Å². The van der Waals surface area contributed by atoms with Crippen LogP contribution in [0.15, 0.2) is 40.9 Å². The lowest BCUT2D eigenvalue weighted by molar-refractivity contribution is 0.415. The molecule has 0 radical (unpaired) electrons. The monoisotopic (exact) mass is 326 g/mol. The second-order valence-corrected chi connectivity index (χ2v) is 5.03. The Morgan fingerprint density at radius 3 is 2.72 bits per heavy atom. The smallest absolute Gasteiger partial charge is 0.122 e. The Balaban J connectivity index is 2.37. The molecule has 0 spiro atoms. The lowest BCUT2D eigenvalue weighted by Crippen LogP contribution is -1.97. The Kier molecular flexibility index (Phi) is 3.99. The van der Waals surface area contributed by atoms with Crippen molar-refractivity contribution in [1.82, 2.24) is 0 Å². The Morgan fingerprint density at radius 1 is 1.28 bits per heavy atom. The Bertz CT molecular complexity index is 555. The van der Waals surface area contributed by atoms with Crippen molar-refractivity contribution < 1.29 is 4.74 Å². The van der Waals surface area contributed by atoms with E-state index in [9.17, 15) is 0 Å². The molecule has 18 heavy (non-hydrogen) atoms. The van der Waals surface area contributed by atoms with Crippen molar-refractivity contribution in [3.63, 3.8) is 0 Å². The Morgan fingerprint density at radius 2 is 2.06 bits per heavy atom.